The van der Waals surface area contributed by atoms with Crippen LogP contribution < -0.4 is 5.32 Å². The predicted molar refractivity (Wildman–Crippen MR) is 107 cm³/mol. The zero-order valence-corrected chi connectivity index (χ0v) is 15.9. The Kier molecular flexibility index (Phi) is 4.73. The van der Waals surface area contributed by atoms with Crippen LogP contribution in [0.3, 0.4) is 0 Å². The lowest BCUT2D eigenvalue weighted by atomic mass is 10.1. The highest BCUT2D eigenvalue weighted by Crippen LogP contribution is 2.30. The Labute approximate surface area is 169 Å². The van der Waals surface area contributed by atoms with E-state index < -0.39 is 10.8 Å². The van der Waals surface area contributed by atoms with Gasteiger partial charge < -0.3 is 9.73 Å². The summed E-state index contributed by atoms with van der Waals surface area (Å²) in [6, 6.07) is 9.28. The molecule has 146 valence electrons. The fourth-order valence-electron chi connectivity index (χ4n) is 3.08. The molecule has 4 rings (SSSR count). The number of halogens is 1. The number of nitro groups is 1. The van der Waals surface area contributed by atoms with Gasteiger partial charge in [-0.1, -0.05) is 11.6 Å². The standard InChI is InChI=1S/C19H14ClN5O4/c1-11-18-13(16-3-2-8-29-16)6-7-21-19(18)24(23-11)10-17(26)22-15-9-12(25(27)28)4-5-14(15)20/h2-9H,10H2,1H3,(H,22,26). The van der Waals surface area contributed by atoms with Crippen LogP contribution in [0.4, 0.5) is 11.4 Å². The molecule has 4 aromatic rings. The largest absolute Gasteiger partial charge is 0.464 e. The van der Waals surface area contributed by atoms with Gasteiger partial charge in [0, 0.05) is 23.9 Å². The summed E-state index contributed by atoms with van der Waals surface area (Å²) < 4.78 is 6.95. The van der Waals surface area contributed by atoms with Crippen LogP contribution in [0.1, 0.15) is 5.69 Å². The monoisotopic (exact) mass is 411 g/mol. The Hall–Kier alpha value is -3.72. The summed E-state index contributed by atoms with van der Waals surface area (Å²) in [5, 5.41) is 18.9. The highest BCUT2D eigenvalue weighted by Gasteiger charge is 2.18. The molecule has 0 aliphatic carbocycles. The van der Waals surface area contributed by atoms with Crippen LogP contribution in [0.15, 0.2) is 53.3 Å². The number of nitrogens with one attached hydrogen (secondary N) is 1. The molecule has 0 aliphatic rings. The molecule has 0 atom stereocenters. The molecule has 0 unspecified atom stereocenters. The first-order valence-electron chi connectivity index (χ1n) is 8.54. The molecule has 0 fully saturated rings. The minimum absolute atomic E-state index is 0.141. The fraction of sp³-hybridized carbons (Fsp3) is 0.105. The van der Waals surface area contributed by atoms with E-state index in [9.17, 15) is 14.9 Å². The lowest BCUT2D eigenvalue weighted by Crippen LogP contribution is -2.20. The summed E-state index contributed by atoms with van der Waals surface area (Å²) in [7, 11) is 0. The molecule has 0 spiro atoms. The molecule has 9 nitrogen and oxygen atoms in total. The summed E-state index contributed by atoms with van der Waals surface area (Å²) in [6.07, 6.45) is 3.20. The van der Waals surface area contributed by atoms with Crippen molar-refractivity contribution in [3.8, 4) is 11.3 Å². The molecule has 1 N–H and O–H groups in total. The number of rotatable bonds is 5. The third-order valence-electron chi connectivity index (χ3n) is 4.32. The Balaban J connectivity index is 1.64. The third-order valence-corrected chi connectivity index (χ3v) is 4.65. The van der Waals surface area contributed by atoms with Crippen molar-refractivity contribution in [3.05, 3.63) is 69.7 Å². The van der Waals surface area contributed by atoms with E-state index in [0.29, 0.717) is 17.1 Å². The quantitative estimate of drug-likeness (QED) is 0.388. The third kappa shape index (κ3) is 3.55. The summed E-state index contributed by atoms with van der Waals surface area (Å²) in [5.74, 6) is 0.231. The van der Waals surface area contributed by atoms with Crippen LogP contribution in [-0.2, 0) is 11.3 Å². The van der Waals surface area contributed by atoms with E-state index in [1.807, 2.05) is 19.1 Å². The smallest absolute Gasteiger partial charge is 0.271 e. The first-order valence-corrected chi connectivity index (χ1v) is 8.91. The number of amides is 1. The minimum atomic E-state index is -0.559. The van der Waals surface area contributed by atoms with E-state index in [2.05, 4.69) is 15.4 Å². The van der Waals surface area contributed by atoms with Crippen molar-refractivity contribution in [2.24, 2.45) is 0 Å². The Morgan fingerprint density at radius 2 is 2.17 bits per heavy atom. The molecule has 10 heteroatoms. The first kappa shape index (κ1) is 18.6. The topological polar surface area (TPSA) is 116 Å². The van der Waals surface area contributed by atoms with Gasteiger partial charge in [-0.15, -0.1) is 0 Å². The van der Waals surface area contributed by atoms with Crippen LogP contribution in [0.5, 0.6) is 0 Å². The molecule has 1 amide bonds. The molecule has 0 saturated carbocycles. The molecule has 29 heavy (non-hydrogen) atoms. The number of carbonyl (C=O) groups excluding carboxylic acids is 1. The number of aryl methyl sites for hydroxylation is 1. The average Bonchev–Trinajstić information content (AvgIpc) is 3.32. The van der Waals surface area contributed by atoms with Crippen LogP contribution in [0, 0.1) is 17.0 Å². The summed E-state index contributed by atoms with van der Waals surface area (Å²) in [5.41, 5.74) is 2.03. The highest BCUT2D eigenvalue weighted by atomic mass is 35.5. The molecule has 0 aliphatic heterocycles. The molecule has 0 bridgehead atoms. The van der Waals surface area contributed by atoms with Gasteiger partial charge in [-0.25, -0.2) is 9.67 Å². The number of aromatic nitrogens is 3. The van der Waals surface area contributed by atoms with Gasteiger partial charge in [-0.3, -0.25) is 14.9 Å². The lowest BCUT2D eigenvalue weighted by molar-refractivity contribution is -0.384. The maximum absolute atomic E-state index is 12.5. The zero-order chi connectivity index (χ0) is 20.5. The van der Waals surface area contributed by atoms with Gasteiger partial charge in [0.25, 0.3) is 5.69 Å². The number of hydrogen-bond donors (Lipinski definition) is 1. The Morgan fingerprint density at radius 1 is 1.34 bits per heavy atom. The number of carbonyl (C=O) groups is 1. The summed E-state index contributed by atoms with van der Waals surface area (Å²) in [4.78, 5) is 27.3. The number of pyridine rings is 1. The predicted octanol–water partition coefficient (Wildman–Crippen LogP) is 4.20. The van der Waals surface area contributed by atoms with Gasteiger partial charge in [-0.05, 0) is 31.2 Å². The van der Waals surface area contributed by atoms with Crippen molar-refractivity contribution in [2.45, 2.75) is 13.5 Å². The number of benzene rings is 1. The molecule has 0 saturated heterocycles. The number of fused-ring (bicyclic) bond motifs is 1. The average molecular weight is 412 g/mol. The normalized spacial score (nSPS) is 11.0. The molecular formula is C19H14ClN5O4. The van der Waals surface area contributed by atoms with E-state index in [1.54, 1.807) is 18.5 Å². The van der Waals surface area contributed by atoms with Crippen LogP contribution in [-0.4, -0.2) is 25.6 Å². The van der Waals surface area contributed by atoms with Gasteiger partial charge in [-0.2, -0.15) is 5.10 Å². The van der Waals surface area contributed by atoms with E-state index in [-0.39, 0.29) is 22.9 Å². The van der Waals surface area contributed by atoms with Crippen molar-refractivity contribution in [2.75, 3.05) is 5.32 Å². The van der Waals surface area contributed by atoms with Gasteiger partial charge in [0.15, 0.2) is 5.65 Å². The zero-order valence-electron chi connectivity index (χ0n) is 15.1. The van der Waals surface area contributed by atoms with Crippen molar-refractivity contribution in [1.29, 1.82) is 0 Å². The van der Waals surface area contributed by atoms with Gasteiger partial charge in [0.05, 0.1) is 33.0 Å². The molecule has 1 aromatic carbocycles. The van der Waals surface area contributed by atoms with Crippen molar-refractivity contribution < 1.29 is 14.1 Å². The Bertz CT molecular complexity index is 1230. The number of nitrogens with zero attached hydrogens (tertiary/aromatic N) is 4. The number of hydrogen-bond acceptors (Lipinski definition) is 6. The van der Waals surface area contributed by atoms with Gasteiger partial charge in [0.2, 0.25) is 5.91 Å². The van der Waals surface area contributed by atoms with E-state index in [1.165, 1.54) is 22.9 Å². The Morgan fingerprint density at radius 3 is 2.90 bits per heavy atom. The van der Waals surface area contributed by atoms with Crippen LogP contribution in [0.25, 0.3) is 22.4 Å². The molecule has 3 aromatic heterocycles. The second-order valence-electron chi connectivity index (χ2n) is 6.25. The number of nitro benzene ring substituents is 1. The second-order valence-corrected chi connectivity index (χ2v) is 6.65. The number of furan rings is 1. The van der Waals surface area contributed by atoms with Crippen LogP contribution in [0.2, 0.25) is 5.02 Å². The van der Waals surface area contributed by atoms with E-state index in [0.717, 1.165) is 10.9 Å². The lowest BCUT2D eigenvalue weighted by Gasteiger charge is -2.08. The molecule has 3 heterocycles. The van der Waals surface area contributed by atoms with Crippen molar-refractivity contribution >= 4 is 39.9 Å². The van der Waals surface area contributed by atoms with Crippen LogP contribution >= 0.6 is 11.6 Å². The first-order chi connectivity index (χ1) is 13.9. The van der Waals surface area contributed by atoms with Crippen molar-refractivity contribution in [3.63, 3.8) is 0 Å². The SMILES string of the molecule is Cc1nn(CC(=O)Nc2cc([N+](=O)[O-])ccc2Cl)c2nccc(-c3ccco3)c12. The summed E-state index contributed by atoms with van der Waals surface area (Å²) in [6.45, 7) is 1.68. The molecular weight excluding hydrogens is 398 g/mol. The van der Waals surface area contributed by atoms with Crippen molar-refractivity contribution in [1.82, 2.24) is 14.8 Å². The fourth-order valence-corrected chi connectivity index (χ4v) is 3.24. The number of anilines is 1. The van der Waals surface area contributed by atoms with E-state index >= 15 is 0 Å². The van der Waals surface area contributed by atoms with Gasteiger partial charge in [0.1, 0.15) is 12.3 Å². The number of non-ortho nitro benzene ring substituents is 1. The highest BCUT2D eigenvalue weighted by molar-refractivity contribution is 6.33. The minimum Gasteiger partial charge on any atom is -0.464 e. The maximum Gasteiger partial charge on any atom is 0.271 e. The van der Waals surface area contributed by atoms with E-state index in [4.69, 9.17) is 16.0 Å². The molecule has 0 radical (unpaired) electrons. The van der Waals surface area contributed by atoms with Gasteiger partial charge >= 0.3 is 0 Å². The maximum atomic E-state index is 12.5. The summed E-state index contributed by atoms with van der Waals surface area (Å²) >= 11 is 6.04. The second kappa shape index (κ2) is 7.36.